The number of nitro benzene ring substituents is 1. The Morgan fingerprint density at radius 2 is 2.15 bits per heavy atom. The van der Waals surface area contributed by atoms with Crippen molar-refractivity contribution in [1.82, 2.24) is 4.90 Å². The first-order valence-corrected chi connectivity index (χ1v) is 6.59. The molecule has 0 aliphatic heterocycles. The lowest BCUT2D eigenvalue weighted by Crippen LogP contribution is -2.32. The minimum atomic E-state index is -0.554. The summed E-state index contributed by atoms with van der Waals surface area (Å²) in [4.78, 5) is 24.5. The van der Waals surface area contributed by atoms with E-state index in [0.29, 0.717) is 18.8 Å². The second-order valence-electron chi connectivity index (χ2n) is 4.37. The third kappa shape index (κ3) is 3.67. The number of benzene rings is 1. The second kappa shape index (κ2) is 7.44. The van der Waals surface area contributed by atoms with Crippen molar-refractivity contribution in [3.05, 3.63) is 33.9 Å². The van der Waals surface area contributed by atoms with Crippen molar-refractivity contribution < 1.29 is 9.72 Å². The highest BCUT2D eigenvalue weighted by Crippen LogP contribution is 2.24. The van der Waals surface area contributed by atoms with Gasteiger partial charge in [0.25, 0.3) is 11.6 Å². The fourth-order valence-electron chi connectivity index (χ4n) is 1.88. The maximum atomic E-state index is 12.4. The smallest absolute Gasteiger partial charge is 0.282 e. The molecule has 110 valence electrons. The first-order valence-electron chi connectivity index (χ1n) is 6.59. The molecule has 0 radical (unpaired) electrons. The molecule has 3 N–H and O–H groups in total. The first kappa shape index (κ1) is 15.9. The van der Waals surface area contributed by atoms with Crippen molar-refractivity contribution in [3.8, 4) is 0 Å². The molecule has 1 aromatic carbocycles. The van der Waals surface area contributed by atoms with E-state index in [2.05, 4.69) is 5.43 Å². The molecule has 0 heterocycles. The van der Waals surface area contributed by atoms with Gasteiger partial charge in [0.05, 0.1) is 4.92 Å². The molecule has 0 aliphatic rings. The van der Waals surface area contributed by atoms with Gasteiger partial charge in [0.2, 0.25) is 0 Å². The largest absolute Gasteiger partial charge is 0.339 e. The number of carbonyl (C=O) groups is 1. The number of hydrogen-bond acceptors (Lipinski definition) is 5. The van der Waals surface area contributed by atoms with E-state index < -0.39 is 4.92 Å². The number of nitrogens with two attached hydrogens (primary N) is 1. The summed E-state index contributed by atoms with van der Waals surface area (Å²) in [6, 6.07) is 4.17. The number of anilines is 1. The summed E-state index contributed by atoms with van der Waals surface area (Å²) >= 11 is 0. The molecule has 1 amide bonds. The molecule has 0 saturated carbocycles. The molecule has 0 saturated heterocycles. The molecule has 7 nitrogen and oxygen atoms in total. The fraction of sp³-hybridized carbons (Fsp3) is 0.462. The van der Waals surface area contributed by atoms with Gasteiger partial charge in [-0.15, -0.1) is 0 Å². The van der Waals surface area contributed by atoms with Gasteiger partial charge in [0, 0.05) is 24.8 Å². The Hall–Kier alpha value is -2.15. The number of hydrazine groups is 1. The van der Waals surface area contributed by atoms with Gasteiger partial charge in [0.1, 0.15) is 5.56 Å². The summed E-state index contributed by atoms with van der Waals surface area (Å²) < 4.78 is 0. The molecule has 1 aromatic rings. The van der Waals surface area contributed by atoms with E-state index >= 15 is 0 Å². The number of nitrogen functional groups attached to an aromatic ring is 1. The number of rotatable bonds is 7. The van der Waals surface area contributed by atoms with Crippen molar-refractivity contribution in [2.75, 3.05) is 18.5 Å². The molecule has 0 aliphatic carbocycles. The summed E-state index contributed by atoms with van der Waals surface area (Å²) in [5, 5.41) is 11.0. The third-order valence-corrected chi connectivity index (χ3v) is 3.04. The summed E-state index contributed by atoms with van der Waals surface area (Å²) in [5.41, 5.74) is 2.71. The lowest BCUT2D eigenvalue weighted by Gasteiger charge is -2.20. The van der Waals surface area contributed by atoms with Gasteiger partial charge in [-0.1, -0.05) is 13.3 Å². The molecular weight excluding hydrogens is 260 g/mol. The van der Waals surface area contributed by atoms with Crippen LogP contribution in [-0.4, -0.2) is 28.8 Å². The Kier molecular flexibility index (Phi) is 5.92. The highest BCUT2D eigenvalue weighted by molar-refractivity contribution is 5.99. The zero-order valence-electron chi connectivity index (χ0n) is 11.8. The van der Waals surface area contributed by atoms with E-state index in [9.17, 15) is 14.9 Å². The lowest BCUT2D eigenvalue weighted by molar-refractivity contribution is -0.385. The average Bonchev–Trinajstić information content (AvgIpc) is 2.46. The standard InChI is InChI=1S/C13H20N4O3/c1-3-5-8-16(4-2)13(18)11-9-10(15-14)6-7-12(11)17(19)20/h6-7,9,15H,3-5,8,14H2,1-2H3. The van der Waals surface area contributed by atoms with Crippen molar-refractivity contribution in [3.63, 3.8) is 0 Å². The molecule has 0 unspecified atom stereocenters. The van der Waals surface area contributed by atoms with E-state index in [0.717, 1.165) is 12.8 Å². The Morgan fingerprint density at radius 3 is 2.65 bits per heavy atom. The molecule has 20 heavy (non-hydrogen) atoms. The molecule has 7 heteroatoms. The normalized spacial score (nSPS) is 10.2. The van der Waals surface area contributed by atoms with Crippen molar-refractivity contribution >= 4 is 17.3 Å². The third-order valence-electron chi connectivity index (χ3n) is 3.04. The monoisotopic (exact) mass is 280 g/mol. The van der Waals surface area contributed by atoms with E-state index in [-0.39, 0.29) is 17.2 Å². The number of carbonyl (C=O) groups excluding carboxylic acids is 1. The SMILES string of the molecule is CCCCN(CC)C(=O)c1cc(NN)ccc1[N+](=O)[O-]. The Labute approximate surface area is 117 Å². The number of unbranched alkanes of at least 4 members (excludes halogenated alkanes) is 1. The zero-order valence-corrected chi connectivity index (χ0v) is 11.8. The van der Waals surface area contributed by atoms with Crippen molar-refractivity contribution in [2.45, 2.75) is 26.7 Å². The van der Waals surface area contributed by atoms with Crippen molar-refractivity contribution in [1.29, 1.82) is 0 Å². The highest BCUT2D eigenvalue weighted by atomic mass is 16.6. The molecule has 0 bridgehead atoms. The van der Waals surface area contributed by atoms with Gasteiger partial charge < -0.3 is 10.3 Å². The summed E-state index contributed by atoms with van der Waals surface area (Å²) in [6.45, 7) is 4.98. The topological polar surface area (TPSA) is 102 Å². The molecular formula is C13H20N4O3. The molecule has 0 fully saturated rings. The van der Waals surface area contributed by atoms with Gasteiger partial charge in [-0.25, -0.2) is 0 Å². The minimum absolute atomic E-state index is 0.0587. The molecule has 0 atom stereocenters. The molecule has 0 spiro atoms. The summed E-state index contributed by atoms with van der Waals surface area (Å²) in [7, 11) is 0. The van der Waals surface area contributed by atoms with Crippen LogP contribution in [0, 0.1) is 10.1 Å². The van der Waals surface area contributed by atoms with Gasteiger partial charge >= 0.3 is 0 Å². The number of nitrogens with one attached hydrogen (secondary N) is 1. The maximum absolute atomic E-state index is 12.4. The highest BCUT2D eigenvalue weighted by Gasteiger charge is 2.24. The van der Waals surface area contributed by atoms with Crippen LogP contribution in [0.3, 0.4) is 0 Å². The van der Waals surface area contributed by atoms with Crippen LogP contribution >= 0.6 is 0 Å². The van der Waals surface area contributed by atoms with Gasteiger partial charge in [0.15, 0.2) is 0 Å². The molecule has 0 aromatic heterocycles. The van der Waals surface area contributed by atoms with Crippen LogP contribution in [0.2, 0.25) is 0 Å². The number of hydrogen-bond donors (Lipinski definition) is 2. The first-order chi connectivity index (χ1) is 9.54. The van der Waals surface area contributed by atoms with Crippen LogP contribution in [-0.2, 0) is 0 Å². The Bertz CT molecular complexity index is 491. The van der Waals surface area contributed by atoms with E-state index in [4.69, 9.17) is 5.84 Å². The molecule has 1 rings (SSSR count). The summed E-state index contributed by atoms with van der Waals surface area (Å²) in [5.74, 6) is 4.95. The van der Waals surface area contributed by atoms with E-state index in [1.54, 1.807) is 4.90 Å². The zero-order chi connectivity index (χ0) is 15.1. The Morgan fingerprint density at radius 1 is 1.45 bits per heavy atom. The number of nitro groups is 1. The van der Waals surface area contributed by atoms with Crippen LogP contribution in [0.5, 0.6) is 0 Å². The number of amides is 1. The van der Waals surface area contributed by atoms with Crippen LogP contribution in [0.1, 0.15) is 37.0 Å². The van der Waals surface area contributed by atoms with Gasteiger partial charge in [-0.3, -0.25) is 20.8 Å². The van der Waals surface area contributed by atoms with Crippen LogP contribution in [0.15, 0.2) is 18.2 Å². The fourth-order valence-corrected chi connectivity index (χ4v) is 1.88. The quantitative estimate of drug-likeness (QED) is 0.452. The van der Waals surface area contributed by atoms with E-state index in [1.165, 1.54) is 18.2 Å². The minimum Gasteiger partial charge on any atom is -0.339 e. The van der Waals surface area contributed by atoms with Crippen molar-refractivity contribution in [2.24, 2.45) is 5.84 Å². The van der Waals surface area contributed by atoms with Crippen LogP contribution in [0.4, 0.5) is 11.4 Å². The van der Waals surface area contributed by atoms with Crippen LogP contribution < -0.4 is 11.3 Å². The summed E-state index contributed by atoms with van der Waals surface area (Å²) in [6.07, 6.45) is 1.82. The maximum Gasteiger partial charge on any atom is 0.282 e. The van der Waals surface area contributed by atoms with Crippen LogP contribution in [0.25, 0.3) is 0 Å². The average molecular weight is 280 g/mol. The Balaban J connectivity index is 3.13. The van der Waals surface area contributed by atoms with E-state index in [1.807, 2.05) is 13.8 Å². The van der Waals surface area contributed by atoms with Gasteiger partial charge in [-0.2, -0.15) is 0 Å². The lowest BCUT2D eigenvalue weighted by atomic mass is 10.1. The number of nitrogens with zero attached hydrogens (tertiary/aromatic N) is 2. The van der Waals surface area contributed by atoms with Gasteiger partial charge in [-0.05, 0) is 25.5 Å². The second-order valence-corrected chi connectivity index (χ2v) is 4.37. The predicted octanol–water partition coefficient (Wildman–Crippen LogP) is 2.14. The predicted molar refractivity (Wildman–Crippen MR) is 77.4 cm³/mol.